The Kier molecular flexibility index (Phi) is 5.21. The Balaban J connectivity index is 2.67. The molecule has 2 amide bonds. The number of hydrogen-bond acceptors (Lipinski definition) is 4. The summed E-state index contributed by atoms with van der Waals surface area (Å²) in [6.45, 7) is 7.56. The number of nitrogens with two attached hydrogens (primary N) is 1. The van der Waals surface area contributed by atoms with Crippen molar-refractivity contribution in [3.05, 3.63) is 29.6 Å². The fraction of sp³-hybridized carbons (Fsp3) is 0.500. The van der Waals surface area contributed by atoms with Crippen molar-refractivity contribution in [3.8, 4) is 0 Å². The Bertz CT molecular complexity index is 494. The minimum atomic E-state index is -0.615. The van der Waals surface area contributed by atoms with Crippen LogP contribution >= 0.6 is 0 Å². The maximum absolute atomic E-state index is 12.0. The number of hydrogen-bond donors (Lipinski definition) is 3. The second-order valence-corrected chi connectivity index (χ2v) is 5.67. The van der Waals surface area contributed by atoms with Gasteiger partial charge in [0.25, 0.3) is 5.91 Å². The fourth-order valence-corrected chi connectivity index (χ4v) is 1.55. The molecule has 0 fully saturated rings. The summed E-state index contributed by atoms with van der Waals surface area (Å²) in [5.74, 6) is -0.544. The summed E-state index contributed by atoms with van der Waals surface area (Å²) in [6, 6.07) is 2.59. The molecule has 6 nitrogen and oxygen atoms in total. The molecule has 4 N–H and O–H groups in total. The van der Waals surface area contributed by atoms with Gasteiger partial charge in [-0.2, -0.15) is 0 Å². The van der Waals surface area contributed by atoms with Gasteiger partial charge in [0.15, 0.2) is 0 Å². The van der Waals surface area contributed by atoms with Crippen LogP contribution in [0.5, 0.6) is 0 Å². The van der Waals surface area contributed by atoms with E-state index in [2.05, 4.69) is 15.6 Å². The maximum Gasteiger partial charge on any atom is 0.252 e. The second kappa shape index (κ2) is 6.47. The SMILES string of the molecule is CC(NC(=O)c1ccnc(CN)c1)C(=O)NC(C)(C)C. The zero-order chi connectivity index (χ0) is 15.3. The summed E-state index contributed by atoms with van der Waals surface area (Å²) >= 11 is 0. The Morgan fingerprint density at radius 3 is 2.60 bits per heavy atom. The van der Waals surface area contributed by atoms with E-state index < -0.39 is 6.04 Å². The number of carbonyl (C=O) groups excluding carboxylic acids is 2. The van der Waals surface area contributed by atoms with Gasteiger partial charge in [-0.1, -0.05) is 0 Å². The summed E-state index contributed by atoms with van der Waals surface area (Å²) in [5.41, 5.74) is 6.22. The molecular weight excluding hydrogens is 256 g/mol. The number of nitrogens with one attached hydrogen (secondary N) is 2. The van der Waals surface area contributed by atoms with Crippen LogP contribution in [0.4, 0.5) is 0 Å². The standard InChI is InChI=1S/C14H22N4O2/c1-9(12(19)18-14(2,3)4)17-13(20)10-5-6-16-11(7-10)8-15/h5-7,9H,8,15H2,1-4H3,(H,17,20)(H,18,19). The van der Waals surface area contributed by atoms with Crippen molar-refractivity contribution >= 4 is 11.8 Å². The van der Waals surface area contributed by atoms with Crippen molar-refractivity contribution in [1.29, 1.82) is 0 Å². The monoisotopic (exact) mass is 278 g/mol. The van der Waals surface area contributed by atoms with Crippen LogP contribution in [0.25, 0.3) is 0 Å². The van der Waals surface area contributed by atoms with Crippen molar-refractivity contribution in [2.75, 3.05) is 0 Å². The first-order chi connectivity index (χ1) is 9.23. The lowest BCUT2D eigenvalue weighted by Gasteiger charge is -2.23. The highest BCUT2D eigenvalue weighted by Crippen LogP contribution is 2.03. The Labute approximate surface area is 119 Å². The topological polar surface area (TPSA) is 97.1 Å². The Morgan fingerprint density at radius 2 is 2.05 bits per heavy atom. The molecule has 1 unspecified atom stereocenters. The lowest BCUT2D eigenvalue weighted by atomic mass is 10.1. The summed E-state index contributed by atoms with van der Waals surface area (Å²) in [5, 5.41) is 5.46. The van der Waals surface area contributed by atoms with E-state index in [4.69, 9.17) is 5.73 Å². The van der Waals surface area contributed by atoms with Gasteiger partial charge in [0.05, 0.1) is 5.69 Å². The quantitative estimate of drug-likeness (QED) is 0.750. The van der Waals surface area contributed by atoms with Gasteiger partial charge < -0.3 is 16.4 Å². The van der Waals surface area contributed by atoms with Gasteiger partial charge in [-0.15, -0.1) is 0 Å². The number of carbonyl (C=O) groups is 2. The average Bonchev–Trinajstić information content (AvgIpc) is 2.36. The number of nitrogens with zero attached hydrogens (tertiary/aromatic N) is 1. The van der Waals surface area contributed by atoms with Crippen molar-refractivity contribution < 1.29 is 9.59 Å². The molecule has 0 bridgehead atoms. The van der Waals surface area contributed by atoms with E-state index in [9.17, 15) is 9.59 Å². The molecule has 1 atom stereocenters. The van der Waals surface area contributed by atoms with E-state index in [0.29, 0.717) is 11.3 Å². The van der Waals surface area contributed by atoms with Crippen molar-refractivity contribution in [2.24, 2.45) is 5.73 Å². The fourth-order valence-electron chi connectivity index (χ4n) is 1.55. The average molecular weight is 278 g/mol. The van der Waals surface area contributed by atoms with Crippen LogP contribution in [0.1, 0.15) is 43.7 Å². The first-order valence-electron chi connectivity index (χ1n) is 6.51. The maximum atomic E-state index is 12.0. The molecule has 0 aliphatic carbocycles. The van der Waals surface area contributed by atoms with Gasteiger partial charge in [0.2, 0.25) is 5.91 Å². The van der Waals surface area contributed by atoms with Gasteiger partial charge in [-0.05, 0) is 39.8 Å². The molecule has 1 aromatic heterocycles. The molecule has 0 aliphatic rings. The lowest BCUT2D eigenvalue weighted by Crippen LogP contribution is -2.50. The molecule has 1 aromatic rings. The van der Waals surface area contributed by atoms with Crippen LogP contribution in [0.2, 0.25) is 0 Å². The van der Waals surface area contributed by atoms with Crippen LogP contribution in [-0.4, -0.2) is 28.4 Å². The lowest BCUT2D eigenvalue weighted by molar-refractivity contribution is -0.124. The molecule has 0 aliphatic heterocycles. The Hall–Kier alpha value is -1.95. The first-order valence-corrected chi connectivity index (χ1v) is 6.51. The number of rotatable bonds is 4. The highest BCUT2D eigenvalue weighted by molar-refractivity contribution is 5.97. The van der Waals surface area contributed by atoms with Gasteiger partial charge in [-0.3, -0.25) is 14.6 Å². The highest BCUT2D eigenvalue weighted by Gasteiger charge is 2.21. The summed E-state index contributed by atoms with van der Waals surface area (Å²) in [7, 11) is 0. The smallest absolute Gasteiger partial charge is 0.252 e. The van der Waals surface area contributed by atoms with Crippen LogP contribution in [-0.2, 0) is 11.3 Å². The zero-order valence-corrected chi connectivity index (χ0v) is 12.4. The van der Waals surface area contributed by atoms with E-state index >= 15 is 0 Å². The molecule has 0 radical (unpaired) electrons. The predicted octanol–water partition coefficient (Wildman–Crippen LogP) is 0.573. The molecule has 0 aromatic carbocycles. The van der Waals surface area contributed by atoms with E-state index in [0.717, 1.165) is 0 Å². The molecular formula is C14H22N4O2. The van der Waals surface area contributed by atoms with E-state index in [-0.39, 0.29) is 23.9 Å². The largest absolute Gasteiger partial charge is 0.350 e. The molecule has 1 heterocycles. The zero-order valence-electron chi connectivity index (χ0n) is 12.4. The van der Waals surface area contributed by atoms with Crippen molar-refractivity contribution in [2.45, 2.75) is 45.8 Å². The predicted molar refractivity (Wildman–Crippen MR) is 77.0 cm³/mol. The van der Waals surface area contributed by atoms with Crippen LogP contribution < -0.4 is 16.4 Å². The van der Waals surface area contributed by atoms with Crippen LogP contribution in [0, 0.1) is 0 Å². The summed E-state index contributed by atoms with van der Waals surface area (Å²) in [4.78, 5) is 27.9. The molecule has 0 saturated heterocycles. The van der Waals surface area contributed by atoms with Gasteiger partial charge in [0, 0.05) is 23.8 Å². The second-order valence-electron chi connectivity index (χ2n) is 5.67. The normalized spacial score (nSPS) is 12.7. The number of pyridine rings is 1. The molecule has 0 spiro atoms. The minimum absolute atomic E-state index is 0.223. The highest BCUT2D eigenvalue weighted by atomic mass is 16.2. The molecule has 6 heteroatoms. The van der Waals surface area contributed by atoms with Gasteiger partial charge >= 0.3 is 0 Å². The molecule has 1 rings (SSSR count). The van der Waals surface area contributed by atoms with Gasteiger partial charge in [-0.25, -0.2) is 0 Å². The van der Waals surface area contributed by atoms with Crippen LogP contribution in [0.3, 0.4) is 0 Å². The minimum Gasteiger partial charge on any atom is -0.350 e. The summed E-state index contributed by atoms with van der Waals surface area (Å²) < 4.78 is 0. The summed E-state index contributed by atoms with van der Waals surface area (Å²) in [6.07, 6.45) is 1.52. The number of aromatic nitrogens is 1. The molecule has 0 saturated carbocycles. The van der Waals surface area contributed by atoms with E-state index in [1.165, 1.54) is 6.20 Å². The Morgan fingerprint density at radius 1 is 1.40 bits per heavy atom. The first kappa shape index (κ1) is 16.1. The third kappa shape index (κ3) is 4.97. The third-order valence-corrected chi connectivity index (χ3v) is 2.53. The number of amides is 2. The van der Waals surface area contributed by atoms with E-state index in [1.807, 2.05) is 20.8 Å². The van der Waals surface area contributed by atoms with Gasteiger partial charge in [0.1, 0.15) is 6.04 Å². The van der Waals surface area contributed by atoms with Crippen molar-refractivity contribution in [1.82, 2.24) is 15.6 Å². The van der Waals surface area contributed by atoms with E-state index in [1.54, 1.807) is 19.1 Å². The van der Waals surface area contributed by atoms with Crippen molar-refractivity contribution in [3.63, 3.8) is 0 Å². The third-order valence-electron chi connectivity index (χ3n) is 2.53. The van der Waals surface area contributed by atoms with Crippen LogP contribution in [0.15, 0.2) is 18.3 Å². The molecule has 20 heavy (non-hydrogen) atoms. The molecule has 110 valence electrons.